The lowest BCUT2D eigenvalue weighted by atomic mass is 9.91. The zero-order chi connectivity index (χ0) is 19.8. The van der Waals surface area contributed by atoms with Crippen LogP contribution in [0.2, 0.25) is 0 Å². The number of ether oxygens (including phenoxy) is 1. The van der Waals surface area contributed by atoms with Crippen LogP contribution < -0.4 is 5.32 Å². The molecule has 26 heavy (non-hydrogen) atoms. The first kappa shape index (κ1) is 20.0. The van der Waals surface area contributed by atoms with Gasteiger partial charge in [0.1, 0.15) is 0 Å². The van der Waals surface area contributed by atoms with Gasteiger partial charge in [-0.15, -0.1) is 0 Å². The van der Waals surface area contributed by atoms with Crippen molar-refractivity contribution in [1.29, 1.82) is 0 Å². The number of hydrogen-bond donors (Lipinski definition) is 2. The zero-order valence-corrected chi connectivity index (χ0v) is 14.7. The number of carbonyl (C=O) groups excluding carboxylic acids is 2. The Hall–Kier alpha value is -2.29. The molecular formula is C17H21F3N2O4. The number of nitrogens with zero attached hydrogens (tertiary/aromatic N) is 1. The number of amides is 2. The Morgan fingerprint density at radius 1 is 1.35 bits per heavy atom. The molecule has 1 saturated heterocycles. The fourth-order valence-corrected chi connectivity index (χ4v) is 2.73. The molecule has 144 valence electrons. The maximum atomic E-state index is 12.7. The van der Waals surface area contributed by atoms with Gasteiger partial charge >= 0.3 is 12.3 Å². The molecule has 0 unspecified atom stereocenters. The first-order valence-corrected chi connectivity index (χ1v) is 8.11. The molecular weight excluding hydrogens is 353 g/mol. The van der Waals surface area contributed by atoms with Crippen LogP contribution in [-0.4, -0.2) is 39.9 Å². The summed E-state index contributed by atoms with van der Waals surface area (Å²) < 4.78 is 43.3. The number of halogens is 3. The number of benzene rings is 1. The predicted octanol–water partition coefficient (Wildman–Crippen LogP) is 3.36. The van der Waals surface area contributed by atoms with Gasteiger partial charge in [-0.05, 0) is 38.5 Å². The lowest BCUT2D eigenvalue weighted by Crippen LogP contribution is -2.55. The summed E-state index contributed by atoms with van der Waals surface area (Å²) in [6, 6.07) is 4.25. The van der Waals surface area contributed by atoms with Gasteiger partial charge in [0.25, 0.3) is 0 Å². The third kappa shape index (κ3) is 3.77. The Labute approximate surface area is 148 Å². The molecule has 0 spiro atoms. The van der Waals surface area contributed by atoms with Crippen LogP contribution in [0, 0.1) is 0 Å². The number of hydrogen-bond acceptors (Lipinski definition) is 4. The van der Waals surface area contributed by atoms with Crippen molar-refractivity contribution >= 4 is 17.7 Å². The van der Waals surface area contributed by atoms with Crippen molar-refractivity contribution in [3.8, 4) is 0 Å². The average Bonchev–Trinajstić information content (AvgIpc) is 2.70. The van der Waals surface area contributed by atoms with Crippen LogP contribution in [0.25, 0.3) is 0 Å². The van der Waals surface area contributed by atoms with Gasteiger partial charge in [0.05, 0.1) is 5.56 Å². The van der Waals surface area contributed by atoms with Crippen LogP contribution in [0.4, 0.5) is 23.7 Å². The van der Waals surface area contributed by atoms with Crippen LogP contribution in [0.3, 0.4) is 0 Å². The summed E-state index contributed by atoms with van der Waals surface area (Å²) in [5.41, 5.74) is -3.59. The third-order valence-electron chi connectivity index (χ3n) is 4.77. The highest BCUT2D eigenvalue weighted by atomic mass is 19.4. The molecule has 1 aliphatic heterocycles. The first-order chi connectivity index (χ1) is 11.9. The van der Waals surface area contributed by atoms with E-state index in [4.69, 9.17) is 4.74 Å². The molecule has 2 amide bonds. The number of anilines is 1. The summed E-state index contributed by atoms with van der Waals surface area (Å²) in [6.45, 7) is 4.64. The van der Waals surface area contributed by atoms with E-state index in [1.54, 1.807) is 13.8 Å². The number of alkyl halides is 3. The van der Waals surface area contributed by atoms with Crippen molar-refractivity contribution in [3.63, 3.8) is 0 Å². The lowest BCUT2D eigenvalue weighted by Gasteiger charge is -2.36. The van der Waals surface area contributed by atoms with Gasteiger partial charge in [-0.2, -0.15) is 13.2 Å². The number of cyclic esters (lactones) is 1. The minimum absolute atomic E-state index is 0.000944. The number of rotatable bonds is 5. The molecule has 1 aromatic carbocycles. The number of aliphatic hydroxyl groups is 1. The average molecular weight is 374 g/mol. The van der Waals surface area contributed by atoms with Gasteiger partial charge in [-0.1, -0.05) is 13.0 Å². The largest absolute Gasteiger partial charge is 0.438 e. The van der Waals surface area contributed by atoms with E-state index in [-0.39, 0.29) is 18.7 Å². The van der Waals surface area contributed by atoms with E-state index < -0.39 is 35.1 Å². The number of nitrogens with one attached hydrogen (secondary N) is 1. The standard InChI is InChI=1S/C17H21F3N2O4/c1-4-15(2)16(3,25)22(14(24)26-15)9-8-13(23)21-12-7-5-6-11(10-12)17(18,19)20/h5-7,10,25H,4,8-9H2,1-3H3,(H,21,23)/t15-,16-/m0/s1. The minimum Gasteiger partial charge on any atom is -0.438 e. The molecule has 0 bridgehead atoms. The smallest absolute Gasteiger partial charge is 0.416 e. The van der Waals surface area contributed by atoms with Crippen molar-refractivity contribution in [3.05, 3.63) is 29.8 Å². The monoisotopic (exact) mass is 374 g/mol. The van der Waals surface area contributed by atoms with E-state index in [0.29, 0.717) is 6.42 Å². The fourth-order valence-electron chi connectivity index (χ4n) is 2.73. The van der Waals surface area contributed by atoms with Crippen LogP contribution in [-0.2, 0) is 15.7 Å². The molecule has 0 radical (unpaired) electrons. The topological polar surface area (TPSA) is 78.9 Å². The SMILES string of the molecule is CC[C@]1(C)OC(=O)N(CCC(=O)Nc2cccc(C(F)(F)F)c2)[C@@]1(C)O. The van der Waals surface area contributed by atoms with Crippen LogP contribution in [0.1, 0.15) is 39.2 Å². The molecule has 0 saturated carbocycles. The van der Waals surface area contributed by atoms with Crippen molar-refractivity contribution in [2.24, 2.45) is 0 Å². The van der Waals surface area contributed by atoms with Crippen LogP contribution in [0.5, 0.6) is 0 Å². The Bertz CT molecular complexity index is 705. The normalized spacial score (nSPS) is 26.0. The predicted molar refractivity (Wildman–Crippen MR) is 87.2 cm³/mol. The quantitative estimate of drug-likeness (QED) is 0.828. The highest BCUT2D eigenvalue weighted by Crippen LogP contribution is 2.39. The maximum Gasteiger partial charge on any atom is 0.416 e. The second kappa shape index (κ2) is 6.79. The summed E-state index contributed by atoms with van der Waals surface area (Å²) in [5, 5.41) is 13.0. The van der Waals surface area contributed by atoms with Gasteiger partial charge in [0, 0.05) is 18.7 Å². The van der Waals surface area contributed by atoms with E-state index in [1.807, 2.05) is 0 Å². The van der Waals surface area contributed by atoms with Gasteiger partial charge in [0.15, 0.2) is 11.3 Å². The summed E-state index contributed by atoms with van der Waals surface area (Å²) in [6.07, 6.45) is -5.09. The van der Waals surface area contributed by atoms with E-state index in [2.05, 4.69) is 5.32 Å². The summed E-state index contributed by atoms with van der Waals surface area (Å²) in [5.74, 6) is -0.585. The molecule has 1 aromatic rings. The molecule has 9 heteroatoms. The maximum absolute atomic E-state index is 12.7. The van der Waals surface area contributed by atoms with Gasteiger partial charge in [-0.25, -0.2) is 4.79 Å². The highest BCUT2D eigenvalue weighted by molar-refractivity contribution is 5.91. The van der Waals surface area contributed by atoms with Crippen LogP contribution in [0.15, 0.2) is 24.3 Å². The van der Waals surface area contributed by atoms with Gasteiger partial charge < -0.3 is 15.2 Å². The Morgan fingerprint density at radius 2 is 2.00 bits per heavy atom. The molecule has 1 heterocycles. The van der Waals surface area contributed by atoms with E-state index in [0.717, 1.165) is 17.0 Å². The number of carbonyl (C=O) groups is 2. The lowest BCUT2D eigenvalue weighted by molar-refractivity contribution is -0.139. The van der Waals surface area contributed by atoms with Crippen molar-refractivity contribution in [2.45, 2.75) is 51.1 Å². The van der Waals surface area contributed by atoms with E-state index in [1.165, 1.54) is 19.1 Å². The van der Waals surface area contributed by atoms with Crippen molar-refractivity contribution in [2.75, 3.05) is 11.9 Å². The second-order valence-corrected chi connectivity index (χ2v) is 6.50. The van der Waals surface area contributed by atoms with Gasteiger partial charge in [-0.3, -0.25) is 9.69 Å². The molecule has 6 nitrogen and oxygen atoms in total. The molecule has 0 aliphatic carbocycles. The van der Waals surface area contributed by atoms with Crippen molar-refractivity contribution in [1.82, 2.24) is 4.90 Å². The van der Waals surface area contributed by atoms with Crippen molar-refractivity contribution < 1.29 is 32.6 Å². The Kier molecular flexibility index (Phi) is 5.23. The zero-order valence-electron chi connectivity index (χ0n) is 14.7. The molecule has 2 rings (SSSR count). The summed E-state index contributed by atoms with van der Waals surface area (Å²) in [7, 11) is 0. The molecule has 1 aliphatic rings. The summed E-state index contributed by atoms with van der Waals surface area (Å²) >= 11 is 0. The first-order valence-electron chi connectivity index (χ1n) is 8.11. The second-order valence-electron chi connectivity index (χ2n) is 6.50. The molecule has 1 fully saturated rings. The Balaban J connectivity index is 2.01. The minimum atomic E-state index is -4.51. The van der Waals surface area contributed by atoms with E-state index in [9.17, 15) is 27.9 Å². The van der Waals surface area contributed by atoms with Crippen LogP contribution >= 0.6 is 0 Å². The van der Waals surface area contributed by atoms with Gasteiger partial charge in [0.2, 0.25) is 5.91 Å². The fraction of sp³-hybridized carbons (Fsp3) is 0.529. The van der Waals surface area contributed by atoms with E-state index >= 15 is 0 Å². The highest BCUT2D eigenvalue weighted by Gasteiger charge is 2.58. The Morgan fingerprint density at radius 3 is 2.54 bits per heavy atom. The molecule has 0 aromatic heterocycles. The molecule has 2 atom stereocenters. The summed E-state index contributed by atoms with van der Waals surface area (Å²) in [4.78, 5) is 25.0. The third-order valence-corrected chi connectivity index (χ3v) is 4.77. The molecule has 2 N–H and O–H groups in total.